The van der Waals surface area contributed by atoms with Crippen molar-refractivity contribution in [2.24, 2.45) is 0 Å². The lowest BCUT2D eigenvalue weighted by Crippen LogP contribution is -2.24. The van der Waals surface area contributed by atoms with Crippen LogP contribution in [-0.4, -0.2) is 32.9 Å². The summed E-state index contributed by atoms with van der Waals surface area (Å²) in [6.07, 6.45) is 4.67. The van der Waals surface area contributed by atoms with E-state index in [9.17, 15) is 8.42 Å². The summed E-state index contributed by atoms with van der Waals surface area (Å²) in [4.78, 5) is 0. The molecule has 1 fully saturated rings. The summed E-state index contributed by atoms with van der Waals surface area (Å²) in [5.74, 6) is 0.842. The lowest BCUT2D eigenvalue weighted by atomic mass is 9.92. The first-order valence-electron chi connectivity index (χ1n) is 9.91. The second-order valence-electron chi connectivity index (χ2n) is 7.61. The normalized spacial score (nSPS) is 14.7. The van der Waals surface area contributed by atoms with Crippen LogP contribution in [0.1, 0.15) is 32.2 Å². The maximum atomic E-state index is 11.8. The Bertz CT molecular complexity index is 1150. The predicted molar refractivity (Wildman–Crippen MR) is 119 cm³/mol. The number of nitrogens with zero attached hydrogens (tertiary/aromatic N) is 2. The molecule has 29 heavy (non-hydrogen) atoms. The van der Waals surface area contributed by atoms with Crippen LogP contribution in [-0.2, 0) is 10.0 Å². The number of ether oxygens (including phenoxy) is 1. The van der Waals surface area contributed by atoms with E-state index in [0.29, 0.717) is 18.3 Å². The Kier molecular flexibility index (Phi) is 4.94. The Morgan fingerprint density at radius 3 is 2.41 bits per heavy atom. The van der Waals surface area contributed by atoms with E-state index in [1.165, 1.54) is 17.0 Å². The fourth-order valence-electron chi connectivity index (χ4n) is 3.91. The zero-order valence-electron chi connectivity index (χ0n) is 17.1. The summed E-state index contributed by atoms with van der Waals surface area (Å²) >= 11 is 0. The second kappa shape index (κ2) is 7.30. The Morgan fingerprint density at radius 1 is 1.17 bits per heavy atom. The van der Waals surface area contributed by atoms with Gasteiger partial charge in [-0.1, -0.05) is 12.1 Å². The molecule has 1 aliphatic carbocycles. The summed E-state index contributed by atoms with van der Waals surface area (Å²) in [5.41, 5.74) is 11.0. The molecule has 0 bridgehead atoms. The van der Waals surface area contributed by atoms with E-state index in [1.54, 1.807) is 7.05 Å². The first-order chi connectivity index (χ1) is 13.8. The quantitative estimate of drug-likeness (QED) is 0.649. The number of nitrogens with two attached hydrogens (primary N) is 1. The zero-order valence-corrected chi connectivity index (χ0v) is 17.9. The van der Waals surface area contributed by atoms with Gasteiger partial charge in [-0.25, -0.2) is 8.42 Å². The largest absolute Gasteiger partial charge is 0.494 e. The van der Waals surface area contributed by atoms with E-state index in [4.69, 9.17) is 10.5 Å². The zero-order chi connectivity index (χ0) is 20.8. The highest BCUT2D eigenvalue weighted by Crippen LogP contribution is 2.45. The maximum absolute atomic E-state index is 11.8. The van der Waals surface area contributed by atoms with Gasteiger partial charge in [-0.15, -0.1) is 0 Å². The van der Waals surface area contributed by atoms with Crippen LogP contribution in [0.5, 0.6) is 5.75 Å². The highest BCUT2D eigenvalue weighted by atomic mass is 32.2. The van der Waals surface area contributed by atoms with E-state index in [-0.39, 0.29) is 0 Å². The van der Waals surface area contributed by atoms with Crippen molar-refractivity contribution in [3.8, 4) is 17.0 Å². The molecule has 0 aliphatic heterocycles. The summed E-state index contributed by atoms with van der Waals surface area (Å²) in [5, 5.41) is 1.02. The number of aromatic nitrogens is 1. The summed E-state index contributed by atoms with van der Waals surface area (Å²) < 4.78 is 33.0. The van der Waals surface area contributed by atoms with Crippen molar-refractivity contribution in [1.82, 2.24) is 4.57 Å². The first kappa shape index (κ1) is 19.6. The van der Waals surface area contributed by atoms with E-state index in [2.05, 4.69) is 10.6 Å². The monoisotopic (exact) mass is 413 g/mol. The molecular formula is C22H27N3O3S. The van der Waals surface area contributed by atoms with Crippen molar-refractivity contribution in [3.05, 3.63) is 42.5 Å². The van der Waals surface area contributed by atoms with Crippen molar-refractivity contribution in [1.29, 1.82) is 0 Å². The van der Waals surface area contributed by atoms with Crippen LogP contribution in [0.15, 0.2) is 42.5 Å². The molecule has 2 aromatic carbocycles. The fraction of sp³-hybridized carbons (Fsp3) is 0.364. The summed E-state index contributed by atoms with van der Waals surface area (Å²) in [7, 11) is -1.74. The Balaban J connectivity index is 1.85. The maximum Gasteiger partial charge on any atom is 0.231 e. The minimum absolute atomic E-state index is 0.417. The van der Waals surface area contributed by atoms with E-state index in [0.717, 1.165) is 46.4 Å². The van der Waals surface area contributed by atoms with Crippen LogP contribution < -0.4 is 14.8 Å². The smallest absolute Gasteiger partial charge is 0.231 e. The van der Waals surface area contributed by atoms with Crippen molar-refractivity contribution < 1.29 is 13.2 Å². The first-order valence-corrected chi connectivity index (χ1v) is 11.8. The molecule has 154 valence electrons. The third-order valence-electron chi connectivity index (χ3n) is 5.77. The lowest BCUT2D eigenvalue weighted by Gasteiger charge is -2.30. The molecule has 3 aromatic rings. The average molecular weight is 414 g/mol. The van der Waals surface area contributed by atoms with Crippen LogP contribution in [0.2, 0.25) is 0 Å². The van der Waals surface area contributed by atoms with Crippen LogP contribution in [0, 0.1) is 0 Å². The Morgan fingerprint density at radius 2 is 1.86 bits per heavy atom. The van der Waals surface area contributed by atoms with Crippen molar-refractivity contribution >= 4 is 32.3 Å². The van der Waals surface area contributed by atoms with Gasteiger partial charge >= 0.3 is 0 Å². The van der Waals surface area contributed by atoms with Gasteiger partial charge in [0.05, 0.1) is 35.4 Å². The van der Waals surface area contributed by atoms with E-state index in [1.807, 2.05) is 43.3 Å². The third-order valence-corrected chi connectivity index (χ3v) is 6.97. The van der Waals surface area contributed by atoms with Crippen LogP contribution >= 0.6 is 0 Å². The lowest BCUT2D eigenvalue weighted by molar-refractivity contribution is 0.323. The van der Waals surface area contributed by atoms with Gasteiger partial charge in [0.25, 0.3) is 0 Å². The van der Waals surface area contributed by atoms with Gasteiger partial charge in [-0.05, 0) is 50.5 Å². The molecule has 0 spiro atoms. The van der Waals surface area contributed by atoms with Crippen molar-refractivity contribution in [2.75, 3.05) is 29.9 Å². The van der Waals surface area contributed by atoms with Gasteiger partial charge in [0, 0.05) is 30.1 Å². The predicted octanol–water partition coefficient (Wildman–Crippen LogP) is 4.41. The van der Waals surface area contributed by atoms with E-state index >= 15 is 0 Å². The van der Waals surface area contributed by atoms with Gasteiger partial charge in [0.1, 0.15) is 5.75 Å². The SMILES string of the molecule is CCOc1ccc2c(N)c(-c3ccc(N(C)S(C)(=O)=O)cc3)n(C3CCC3)c2c1. The number of anilines is 2. The minimum atomic E-state index is -3.30. The highest BCUT2D eigenvalue weighted by Gasteiger charge is 2.27. The molecule has 1 saturated carbocycles. The molecule has 2 N–H and O–H groups in total. The molecular weight excluding hydrogens is 386 g/mol. The fourth-order valence-corrected chi connectivity index (χ4v) is 4.42. The average Bonchev–Trinajstić information content (AvgIpc) is 2.92. The number of benzene rings is 2. The van der Waals surface area contributed by atoms with Crippen LogP contribution in [0.25, 0.3) is 22.2 Å². The molecule has 6 nitrogen and oxygen atoms in total. The van der Waals surface area contributed by atoms with Crippen molar-refractivity contribution in [3.63, 3.8) is 0 Å². The van der Waals surface area contributed by atoms with Crippen LogP contribution in [0.4, 0.5) is 11.4 Å². The van der Waals surface area contributed by atoms with Gasteiger partial charge in [0.15, 0.2) is 0 Å². The molecule has 0 amide bonds. The molecule has 4 rings (SSSR count). The summed E-state index contributed by atoms with van der Waals surface area (Å²) in [6, 6.07) is 14.0. The second-order valence-corrected chi connectivity index (χ2v) is 9.62. The molecule has 0 atom stereocenters. The van der Waals surface area contributed by atoms with Gasteiger partial charge in [-0.3, -0.25) is 4.31 Å². The number of hydrogen-bond donors (Lipinski definition) is 1. The molecule has 0 radical (unpaired) electrons. The van der Waals surface area contributed by atoms with Gasteiger partial charge in [-0.2, -0.15) is 0 Å². The van der Waals surface area contributed by atoms with E-state index < -0.39 is 10.0 Å². The number of nitrogen functional groups attached to an aromatic ring is 1. The van der Waals surface area contributed by atoms with Gasteiger partial charge in [0.2, 0.25) is 10.0 Å². The number of hydrogen-bond acceptors (Lipinski definition) is 4. The Labute approximate surface area is 171 Å². The number of fused-ring (bicyclic) bond motifs is 1. The number of rotatable bonds is 6. The van der Waals surface area contributed by atoms with Crippen molar-refractivity contribution in [2.45, 2.75) is 32.2 Å². The Hall–Kier alpha value is -2.67. The molecule has 1 aliphatic rings. The summed E-state index contributed by atoms with van der Waals surface area (Å²) in [6.45, 7) is 2.59. The minimum Gasteiger partial charge on any atom is -0.494 e. The topological polar surface area (TPSA) is 77.6 Å². The third kappa shape index (κ3) is 3.44. The van der Waals surface area contributed by atoms with Gasteiger partial charge < -0.3 is 15.0 Å². The standard InChI is InChI=1S/C22H27N3O3S/c1-4-28-18-12-13-19-20(14-18)25(17-6-5-7-17)22(21(19)23)15-8-10-16(11-9-15)24(2)29(3,26)27/h8-14,17H,4-7,23H2,1-3H3. The highest BCUT2D eigenvalue weighted by molar-refractivity contribution is 7.92. The van der Waals surface area contributed by atoms with Crippen LogP contribution in [0.3, 0.4) is 0 Å². The molecule has 1 aromatic heterocycles. The molecule has 1 heterocycles. The number of sulfonamides is 1. The molecule has 0 saturated heterocycles. The molecule has 7 heteroatoms. The molecule has 0 unspecified atom stereocenters.